The van der Waals surface area contributed by atoms with Crippen LogP contribution < -0.4 is 5.32 Å². The van der Waals surface area contributed by atoms with Gasteiger partial charge in [-0.05, 0) is 35.9 Å². The van der Waals surface area contributed by atoms with Crippen molar-refractivity contribution in [3.05, 3.63) is 48.3 Å². The minimum absolute atomic E-state index is 0.338. The van der Waals surface area contributed by atoms with Crippen molar-refractivity contribution in [3.63, 3.8) is 0 Å². The van der Waals surface area contributed by atoms with Gasteiger partial charge in [0.25, 0.3) is 0 Å². The van der Waals surface area contributed by atoms with Crippen LogP contribution in [-0.4, -0.2) is 19.7 Å². The molecule has 0 fully saturated rings. The average molecular weight is 250 g/mol. The summed E-state index contributed by atoms with van der Waals surface area (Å²) >= 11 is 0. The van der Waals surface area contributed by atoms with Gasteiger partial charge < -0.3 is 10.3 Å². The Morgan fingerprint density at radius 2 is 1.88 bits per heavy atom. The first kappa shape index (κ1) is 11.7. The number of sulfone groups is 1. The lowest BCUT2D eigenvalue weighted by Gasteiger charge is -2.05. The smallest absolute Gasteiger partial charge is 0.175 e. The van der Waals surface area contributed by atoms with E-state index in [1.807, 2.05) is 18.5 Å². The number of aromatic amines is 1. The molecule has 1 heterocycles. The van der Waals surface area contributed by atoms with Gasteiger partial charge in [0, 0.05) is 30.9 Å². The Labute approximate surface area is 101 Å². The molecule has 17 heavy (non-hydrogen) atoms. The molecule has 0 amide bonds. The average Bonchev–Trinajstić information content (AvgIpc) is 2.78. The zero-order valence-corrected chi connectivity index (χ0v) is 10.3. The fraction of sp³-hybridized carbons (Fsp3) is 0.167. The second-order valence-corrected chi connectivity index (χ2v) is 5.89. The van der Waals surface area contributed by atoms with E-state index >= 15 is 0 Å². The number of rotatable bonds is 4. The molecule has 2 aromatic rings. The van der Waals surface area contributed by atoms with Crippen LogP contribution in [0.5, 0.6) is 0 Å². The Hall–Kier alpha value is -1.75. The molecule has 1 aromatic carbocycles. The van der Waals surface area contributed by atoms with Gasteiger partial charge in [0.2, 0.25) is 0 Å². The van der Waals surface area contributed by atoms with Crippen molar-refractivity contribution in [2.75, 3.05) is 11.6 Å². The lowest BCUT2D eigenvalue weighted by atomic mass is 10.3. The molecule has 0 aliphatic carbocycles. The molecule has 1 aromatic heterocycles. The molecule has 0 spiro atoms. The van der Waals surface area contributed by atoms with E-state index in [9.17, 15) is 8.42 Å². The van der Waals surface area contributed by atoms with Crippen LogP contribution in [0, 0.1) is 0 Å². The van der Waals surface area contributed by atoms with Crippen molar-refractivity contribution in [1.29, 1.82) is 0 Å². The van der Waals surface area contributed by atoms with Crippen molar-refractivity contribution in [2.24, 2.45) is 0 Å². The minimum Gasteiger partial charge on any atom is -0.381 e. The SMILES string of the molecule is CS(=O)(=O)c1ccc(NCc2cc[nH]c2)cc1. The summed E-state index contributed by atoms with van der Waals surface area (Å²) in [7, 11) is -3.11. The summed E-state index contributed by atoms with van der Waals surface area (Å²) in [6.07, 6.45) is 4.98. The van der Waals surface area contributed by atoms with Gasteiger partial charge in [0.15, 0.2) is 9.84 Å². The third kappa shape index (κ3) is 3.10. The van der Waals surface area contributed by atoms with Crippen LogP contribution in [0.3, 0.4) is 0 Å². The number of aromatic nitrogens is 1. The van der Waals surface area contributed by atoms with Gasteiger partial charge in [-0.3, -0.25) is 0 Å². The van der Waals surface area contributed by atoms with E-state index < -0.39 is 9.84 Å². The van der Waals surface area contributed by atoms with Gasteiger partial charge in [-0.1, -0.05) is 0 Å². The van der Waals surface area contributed by atoms with Crippen LogP contribution in [0.4, 0.5) is 5.69 Å². The molecule has 90 valence electrons. The van der Waals surface area contributed by atoms with E-state index in [0.29, 0.717) is 11.4 Å². The molecule has 5 heteroatoms. The summed E-state index contributed by atoms with van der Waals surface area (Å²) in [4.78, 5) is 3.31. The molecular formula is C12H14N2O2S. The van der Waals surface area contributed by atoms with Crippen LogP contribution in [0.2, 0.25) is 0 Å². The highest BCUT2D eigenvalue weighted by Crippen LogP contribution is 2.14. The lowest BCUT2D eigenvalue weighted by Crippen LogP contribution is -2.00. The monoisotopic (exact) mass is 250 g/mol. The number of benzene rings is 1. The van der Waals surface area contributed by atoms with Gasteiger partial charge in [0.1, 0.15) is 0 Å². The lowest BCUT2D eigenvalue weighted by molar-refractivity contribution is 0.602. The van der Waals surface area contributed by atoms with Crippen molar-refractivity contribution in [2.45, 2.75) is 11.4 Å². The summed E-state index contributed by atoms with van der Waals surface area (Å²) in [6, 6.07) is 8.73. The third-order valence-corrected chi connectivity index (χ3v) is 3.57. The fourth-order valence-corrected chi connectivity index (χ4v) is 2.12. The summed E-state index contributed by atoms with van der Waals surface area (Å²) < 4.78 is 22.5. The molecular weight excluding hydrogens is 236 g/mol. The Morgan fingerprint density at radius 1 is 1.18 bits per heavy atom. The van der Waals surface area contributed by atoms with Crippen molar-refractivity contribution in [1.82, 2.24) is 4.98 Å². The molecule has 0 aliphatic heterocycles. The highest BCUT2D eigenvalue weighted by molar-refractivity contribution is 7.90. The van der Waals surface area contributed by atoms with E-state index in [-0.39, 0.29) is 0 Å². The zero-order chi connectivity index (χ0) is 12.3. The van der Waals surface area contributed by atoms with Crippen molar-refractivity contribution < 1.29 is 8.42 Å². The predicted octanol–water partition coefficient (Wildman–Crippen LogP) is 2.03. The van der Waals surface area contributed by atoms with E-state index in [0.717, 1.165) is 11.3 Å². The molecule has 0 atom stereocenters. The second-order valence-electron chi connectivity index (χ2n) is 3.87. The Bertz CT molecular complexity index is 571. The van der Waals surface area contributed by atoms with Crippen LogP contribution in [-0.2, 0) is 16.4 Å². The molecule has 0 aliphatic rings. The van der Waals surface area contributed by atoms with Crippen LogP contribution >= 0.6 is 0 Å². The molecule has 0 radical (unpaired) electrons. The van der Waals surface area contributed by atoms with Crippen LogP contribution in [0.25, 0.3) is 0 Å². The second kappa shape index (κ2) is 4.63. The van der Waals surface area contributed by atoms with E-state index in [1.54, 1.807) is 24.3 Å². The van der Waals surface area contributed by atoms with Crippen LogP contribution in [0.1, 0.15) is 5.56 Å². The maximum absolute atomic E-state index is 11.3. The van der Waals surface area contributed by atoms with E-state index in [1.165, 1.54) is 6.26 Å². The van der Waals surface area contributed by atoms with Gasteiger partial charge in [-0.25, -0.2) is 8.42 Å². The normalized spacial score (nSPS) is 11.4. The fourth-order valence-electron chi connectivity index (χ4n) is 1.49. The maximum atomic E-state index is 11.3. The summed E-state index contributed by atoms with van der Waals surface area (Å²) in [5, 5.41) is 3.21. The maximum Gasteiger partial charge on any atom is 0.175 e. The van der Waals surface area contributed by atoms with E-state index in [4.69, 9.17) is 0 Å². The molecule has 2 N–H and O–H groups in total. The molecule has 0 saturated heterocycles. The first-order chi connectivity index (χ1) is 8.05. The van der Waals surface area contributed by atoms with E-state index in [2.05, 4.69) is 10.3 Å². The first-order valence-corrected chi connectivity index (χ1v) is 7.10. The molecule has 0 bridgehead atoms. The molecule has 0 unspecified atom stereocenters. The van der Waals surface area contributed by atoms with Gasteiger partial charge in [-0.15, -0.1) is 0 Å². The summed E-state index contributed by atoms with van der Waals surface area (Å²) in [6.45, 7) is 0.710. The molecule has 4 nitrogen and oxygen atoms in total. The number of hydrogen-bond acceptors (Lipinski definition) is 3. The zero-order valence-electron chi connectivity index (χ0n) is 9.47. The van der Waals surface area contributed by atoms with Gasteiger partial charge in [0.05, 0.1) is 4.90 Å². The number of nitrogens with one attached hydrogen (secondary N) is 2. The van der Waals surface area contributed by atoms with Gasteiger partial charge in [-0.2, -0.15) is 0 Å². The minimum atomic E-state index is -3.11. The Kier molecular flexibility index (Phi) is 3.19. The Morgan fingerprint density at radius 3 is 2.41 bits per heavy atom. The highest BCUT2D eigenvalue weighted by atomic mass is 32.2. The van der Waals surface area contributed by atoms with Gasteiger partial charge >= 0.3 is 0 Å². The number of anilines is 1. The molecule has 0 saturated carbocycles. The Balaban J connectivity index is 2.04. The number of H-pyrrole nitrogens is 1. The third-order valence-electron chi connectivity index (χ3n) is 2.44. The van der Waals surface area contributed by atoms with Crippen molar-refractivity contribution >= 4 is 15.5 Å². The summed E-state index contributed by atoms with van der Waals surface area (Å²) in [5.74, 6) is 0. The van der Waals surface area contributed by atoms with Crippen molar-refractivity contribution in [3.8, 4) is 0 Å². The summed E-state index contributed by atoms with van der Waals surface area (Å²) in [5.41, 5.74) is 2.05. The highest BCUT2D eigenvalue weighted by Gasteiger charge is 2.05. The number of hydrogen-bond donors (Lipinski definition) is 2. The molecule has 2 rings (SSSR count). The van der Waals surface area contributed by atoms with Crippen LogP contribution in [0.15, 0.2) is 47.6 Å². The first-order valence-electron chi connectivity index (χ1n) is 5.21. The quantitative estimate of drug-likeness (QED) is 0.872. The largest absolute Gasteiger partial charge is 0.381 e. The predicted molar refractivity (Wildman–Crippen MR) is 67.7 cm³/mol. The topological polar surface area (TPSA) is 62.0 Å². The standard InChI is InChI=1S/C12H14N2O2S/c1-17(15,16)12-4-2-11(3-5-12)14-9-10-6-7-13-8-10/h2-8,13-14H,9H2,1H3.